The topological polar surface area (TPSA) is 87.2 Å². The number of cyclic esters (lactones) is 1. The Morgan fingerprint density at radius 3 is 2.52 bits per heavy atom. The van der Waals surface area contributed by atoms with E-state index >= 15 is 0 Å². The van der Waals surface area contributed by atoms with Gasteiger partial charge in [0.05, 0.1) is 24.5 Å². The van der Waals surface area contributed by atoms with Gasteiger partial charge in [0.2, 0.25) is 11.8 Å². The number of carbonyl (C=O) groups is 3. The van der Waals surface area contributed by atoms with Gasteiger partial charge < -0.3 is 19.6 Å². The van der Waals surface area contributed by atoms with Gasteiger partial charge in [-0.2, -0.15) is 0 Å². The number of halogens is 1. The smallest absolute Gasteiger partial charge is 0.309 e. The number of ether oxygens (including phenoxy) is 1. The summed E-state index contributed by atoms with van der Waals surface area (Å²) in [4.78, 5) is 43.5. The Morgan fingerprint density at radius 2 is 1.77 bits per heavy atom. The quantitative estimate of drug-likeness (QED) is 0.392. The monoisotopic (exact) mass is 550 g/mol. The number of hydrogen-bond donors (Lipinski definition) is 1. The lowest BCUT2D eigenvalue weighted by atomic mass is 9.94. The summed E-state index contributed by atoms with van der Waals surface area (Å²) in [6.45, 7) is 1.11. The van der Waals surface area contributed by atoms with Gasteiger partial charge in [0.15, 0.2) is 0 Å². The van der Waals surface area contributed by atoms with Crippen LogP contribution in [0.1, 0.15) is 49.7 Å². The van der Waals surface area contributed by atoms with E-state index in [0.29, 0.717) is 38.8 Å². The highest BCUT2D eigenvalue weighted by Crippen LogP contribution is 2.26. The highest BCUT2D eigenvalue weighted by Gasteiger charge is 2.35. The first-order valence-corrected chi connectivity index (χ1v) is 14.2. The summed E-state index contributed by atoms with van der Waals surface area (Å²) in [5.41, 5.74) is 1.83. The summed E-state index contributed by atoms with van der Waals surface area (Å²) in [6.07, 6.45) is 7.57. The van der Waals surface area contributed by atoms with E-state index in [1.807, 2.05) is 42.5 Å². The van der Waals surface area contributed by atoms with E-state index in [4.69, 9.17) is 4.74 Å². The predicted octanol–water partition coefficient (Wildman–Crippen LogP) is 4.29. The molecule has 0 aliphatic carbocycles. The molecule has 2 aromatic rings. The molecule has 0 unspecified atom stereocenters. The SMILES string of the molecule is O=C1OC[C@H]2CCCN2C(=O)[C@@H](CC(=O)N(CCO)Cc2ccccc2)C/C=C\CC[C@H]1Cc1ccc(F)cc1. The normalized spacial score (nSPS) is 22.9. The number of aliphatic hydroxyl groups excluding tert-OH is 1. The largest absolute Gasteiger partial charge is 0.463 e. The van der Waals surface area contributed by atoms with E-state index < -0.39 is 5.92 Å². The summed E-state index contributed by atoms with van der Waals surface area (Å²) in [6, 6.07) is 15.5. The van der Waals surface area contributed by atoms with Crippen LogP contribution in [-0.2, 0) is 32.1 Å². The van der Waals surface area contributed by atoms with Crippen molar-refractivity contribution in [2.75, 3.05) is 26.3 Å². The van der Waals surface area contributed by atoms with Gasteiger partial charge in [-0.25, -0.2) is 4.39 Å². The Hall–Kier alpha value is -3.52. The molecule has 4 rings (SSSR count). The van der Waals surface area contributed by atoms with E-state index in [2.05, 4.69) is 0 Å². The van der Waals surface area contributed by atoms with Crippen molar-refractivity contribution in [2.24, 2.45) is 11.8 Å². The van der Waals surface area contributed by atoms with Gasteiger partial charge in [-0.15, -0.1) is 0 Å². The van der Waals surface area contributed by atoms with Crippen LogP contribution in [0.25, 0.3) is 0 Å². The molecule has 8 heteroatoms. The number of fused-ring (bicyclic) bond motifs is 1. The Balaban J connectivity index is 1.47. The van der Waals surface area contributed by atoms with Crippen molar-refractivity contribution in [2.45, 2.75) is 57.5 Å². The summed E-state index contributed by atoms with van der Waals surface area (Å²) in [5.74, 6) is -1.79. The molecule has 2 amide bonds. The summed E-state index contributed by atoms with van der Waals surface area (Å²) in [7, 11) is 0. The number of hydrogen-bond acceptors (Lipinski definition) is 5. The molecule has 0 radical (unpaired) electrons. The number of allylic oxidation sites excluding steroid dienone is 2. The van der Waals surface area contributed by atoms with E-state index in [1.54, 1.807) is 21.9 Å². The van der Waals surface area contributed by atoms with E-state index in [0.717, 1.165) is 24.0 Å². The van der Waals surface area contributed by atoms with Crippen molar-refractivity contribution >= 4 is 17.8 Å². The number of nitrogens with zero attached hydrogens (tertiary/aromatic N) is 2. The van der Waals surface area contributed by atoms with Crippen molar-refractivity contribution in [3.05, 3.63) is 83.7 Å². The van der Waals surface area contributed by atoms with Crippen LogP contribution in [-0.4, -0.2) is 65.0 Å². The Morgan fingerprint density at radius 1 is 1.00 bits per heavy atom. The van der Waals surface area contributed by atoms with Crippen molar-refractivity contribution in [1.82, 2.24) is 9.80 Å². The predicted molar refractivity (Wildman–Crippen MR) is 149 cm³/mol. The second-order valence-corrected chi connectivity index (χ2v) is 10.7. The highest BCUT2D eigenvalue weighted by molar-refractivity contribution is 5.86. The maximum atomic E-state index is 13.7. The molecule has 2 aliphatic heterocycles. The molecule has 1 N–H and O–H groups in total. The lowest BCUT2D eigenvalue weighted by molar-refractivity contribution is -0.152. The number of carbonyl (C=O) groups excluding carboxylic acids is 3. The molecule has 2 aromatic carbocycles. The van der Waals surface area contributed by atoms with Crippen LogP contribution in [0, 0.1) is 17.7 Å². The van der Waals surface area contributed by atoms with Crippen molar-refractivity contribution in [3.63, 3.8) is 0 Å². The van der Waals surface area contributed by atoms with Gasteiger partial charge in [-0.3, -0.25) is 14.4 Å². The summed E-state index contributed by atoms with van der Waals surface area (Å²) in [5, 5.41) is 9.59. The van der Waals surface area contributed by atoms with Crippen LogP contribution in [0.15, 0.2) is 66.7 Å². The molecule has 0 saturated carbocycles. The highest BCUT2D eigenvalue weighted by atomic mass is 19.1. The van der Waals surface area contributed by atoms with Gasteiger partial charge in [-0.05, 0) is 61.8 Å². The second kappa shape index (κ2) is 14.7. The first-order valence-electron chi connectivity index (χ1n) is 14.2. The fourth-order valence-corrected chi connectivity index (χ4v) is 5.54. The van der Waals surface area contributed by atoms with Gasteiger partial charge >= 0.3 is 5.97 Å². The fourth-order valence-electron chi connectivity index (χ4n) is 5.54. The molecule has 0 bridgehead atoms. The molecule has 2 heterocycles. The van der Waals surface area contributed by atoms with E-state index in [-0.39, 0.29) is 61.7 Å². The van der Waals surface area contributed by atoms with Gasteiger partial charge in [-0.1, -0.05) is 54.6 Å². The molecule has 0 spiro atoms. The van der Waals surface area contributed by atoms with Crippen LogP contribution in [0.3, 0.4) is 0 Å². The molecule has 1 fully saturated rings. The second-order valence-electron chi connectivity index (χ2n) is 10.7. The lowest BCUT2D eigenvalue weighted by Gasteiger charge is -2.30. The van der Waals surface area contributed by atoms with Crippen molar-refractivity contribution < 1.29 is 28.6 Å². The minimum absolute atomic E-state index is 0.0478. The third-order valence-corrected chi connectivity index (χ3v) is 7.79. The zero-order chi connectivity index (χ0) is 28.3. The van der Waals surface area contributed by atoms with Gasteiger partial charge in [0, 0.05) is 26.1 Å². The third-order valence-electron chi connectivity index (χ3n) is 7.79. The van der Waals surface area contributed by atoms with Crippen LogP contribution in [0.4, 0.5) is 4.39 Å². The third kappa shape index (κ3) is 8.24. The molecule has 1 saturated heterocycles. The molecular formula is C32H39FN2O5. The van der Waals surface area contributed by atoms with E-state index in [9.17, 15) is 23.9 Å². The van der Waals surface area contributed by atoms with Crippen molar-refractivity contribution in [1.29, 1.82) is 0 Å². The molecule has 0 aromatic heterocycles. The summed E-state index contributed by atoms with van der Waals surface area (Å²) >= 11 is 0. The van der Waals surface area contributed by atoms with Crippen molar-refractivity contribution in [3.8, 4) is 0 Å². The molecular weight excluding hydrogens is 511 g/mol. The number of esters is 1. The fraction of sp³-hybridized carbons (Fsp3) is 0.469. The zero-order valence-corrected chi connectivity index (χ0v) is 22.9. The number of aliphatic hydroxyl groups is 1. The zero-order valence-electron chi connectivity index (χ0n) is 22.9. The lowest BCUT2D eigenvalue weighted by Crippen LogP contribution is -2.44. The maximum Gasteiger partial charge on any atom is 0.309 e. The Bertz CT molecular complexity index is 1150. The Kier molecular flexibility index (Phi) is 10.9. The minimum Gasteiger partial charge on any atom is -0.463 e. The Labute approximate surface area is 235 Å². The number of amides is 2. The van der Waals surface area contributed by atoms with Crippen LogP contribution in [0.5, 0.6) is 0 Å². The van der Waals surface area contributed by atoms with Crippen LogP contribution in [0.2, 0.25) is 0 Å². The maximum absolute atomic E-state index is 13.7. The molecule has 2 aliphatic rings. The van der Waals surface area contributed by atoms with Crippen LogP contribution < -0.4 is 0 Å². The van der Waals surface area contributed by atoms with Crippen LogP contribution >= 0.6 is 0 Å². The van der Waals surface area contributed by atoms with E-state index in [1.165, 1.54) is 12.1 Å². The minimum atomic E-state index is -0.534. The number of rotatable bonds is 8. The average molecular weight is 551 g/mol. The van der Waals surface area contributed by atoms with Gasteiger partial charge in [0.25, 0.3) is 0 Å². The molecule has 40 heavy (non-hydrogen) atoms. The molecule has 3 atom stereocenters. The molecule has 214 valence electrons. The standard InChI is InChI=1S/C32H39FN2O5/c33-28-15-13-24(14-16-28)20-27-11-6-2-5-10-26(31(38)35-17-7-12-29(35)23-40-32(27)39)21-30(37)34(18-19-36)22-25-8-3-1-4-9-25/h1-5,8-9,13-16,26-27,29,36H,6-7,10-12,17-23H2/b5-2-/t26-,27+,29-/m1/s1. The average Bonchev–Trinajstić information content (AvgIpc) is 3.43. The molecule has 7 nitrogen and oxygen atoms in total. The first kappa shape index (κ1) is 29.5. The summed E-state index contributed by atoms with van der Waals surface area (Å²) < 4.78 is 19.1. The first-order chi connectivity index (χ1) is 19.4. The van der Waals surface area contributed by atoms with Gasteiger partial charge in [0.1, 0.15) is 12.4 Å². The number of benzene rings is 2.